The SMILES string of the molecule is COC(=O)c1ccc(F)cc1C(F)(F)F. The highest BCUT2D eigenvalue weighted by atomic mass is 19.4. The largest absolute Gasteiger partial charge is 0.465 e. The molecule has 0 amide bonds. The Hall–Kier alpha value is -1.59. The lowest BCUT2D eigenvalue weighted by Crippen LogP contribution is -2.14. The monoisotopic (exact) mass is 222 g/mol. The Kier molecular flexibility index (Phi) is 2.97. The molecule has 0 atom stereocenters. The molecule has 82 valence electrons. The molecule has 6 heteroatoms. The van der Waals surface area contributed by atoms with Crippen molar-refractivity contribution in [2.24, 2.45) is 0 Å². The Balaban J connectivity index is 3.33. The molecule has 0 heterocycles. The first kappa shape index (κ1) is 11.5. The number of rotatable bonds is 1. The number of halogens is 4. The molecule has 0 aliphatic carbocycles. The van der Waals surface area contributed by atoms with Gasteiger partial charge in [-0.2, -0.15) is 13.2 Å². The van der Waals surface area contributed by atoms with Gasteiger partial charge >= 0.3 is 12.1 Å². The highest BCUT2D eigenvalue weighted by molar-refractivity contribution is 5.91. The molecule has 0 saturated carbocycles. The van der Waals surface area contributed by atoms with E-state index in [0.29, 0.717) is 0 Å². The van der Waals surface area contributed by atoms with Gasteiger partial charge in [0.05, 0.1) is 18.2 Å². The summed E-state index contributed by atoms with van der Waals surface area (Å²) in [5, 5.41) is 0. The molecule has 1 rings (SSSR count). The zero-order valence-electron chi connectivity index (χ0n) is 7.56. The van der Waals surface area contributed by atoms with E-state index in [1.54, 1.807) is 0 Å². The predicted octanol–water partition coefficient (Wildman–Crippen LogP) is 2.63. The van der Waals surface area contributed by atoms with Crippen molar-refractivity contribution in [3.63, 3.8) is 0 Å². The minimum atomic E-state index is -4.79. The van der Waals surface area contributed by atoms with Crippen molar-refractivity contribution in [2.75, 3.05) is 7.11 Å². The zero-order chi connectivity index (χ0) is 11.6. The van der Waals surface area contributed by atoms with E-state index in [-0.39, 0.29) is 6.07 Å². The first-order chi connectivity index (χ1) is 6.86. The van der Waals surface area contributed by atoms with Crippen molar-refractivity contribution in [2.45, 2.75) is 6.18 Å². The van der Waals surface area contributed by atoms with Crippen LogP contribution in [0, 0.1) is 5.82 Å². The fourth-order valence-corrected chi connectivity index (χ4v) is 1.04. The molecule has 0 saturated heterocycles. The summed E-state index contributed by atoms with van der Waals surface area (Å²) >= 11 is 0. The maximum atomic E-state index is 12.6. The van der Waals surface area contributed by atoms with Crippen LogP contribution in [-0.4, -0.2) is 13.1 Å². The molecule has 0 aliphatic heterocycles. The van der Waals surface area contributed by atoms with Gasteiger partial charge < -0.3 is 4.74 Å². The summed E-state index contributed by atoms with van der Waals surface area (Å²) < 4.78 is 53.8. The van der Waals surface area contributed by atoms with Crippen molar-refractivity contribution >= 4 is 5.97 Å². The van der Waals surface area contributed by atoms with E-state index in [1.807, 2.05) is 0 Å². The normalized spacial score (nSPS) is 11.3. The summed E-state index contributed by atoms with van der Waals surface area (Å²) in [6, 6.07) is 1.76. The van der Waals surface area contributed by atoms with Crippen LogP contribution in [0.15, 0.2) is 18.2 Å². The average Bonchev–Trinajstić information content (AvgIpc) is 2.15. The smallest absolute Gasteiger partial charge is 0.417 e. The average molecular weight is 222 g/mol. The van der Waals surface area contributed by atoms with Crippen molar-refractivity contribution < 1.29 is 27.1 Å². The molecule has 0 aromatic heterocycles. The summed E-state index contributed by atoms with van der Waals surface area (Å²) in [7, 11) is 0.950. The molecule has 0 bridgehead atoms. The van der Waals surface area contributed by atoms with E-state index in [0.717, 1.165) is 19.2 Å². The quantitative estimate of drug-likeness (QED) is 0.539. The van der Waals surface area contributed by atoms with Gasteiger partial charge in [-0.15, -0.1) is 0 Å². The Bertz CT molecular complexity index is 384. The van der Waals surface area contributed by atoms with Crippen LogP contribution in [0.3, 0.4) is 0 Å². The van der Waals surface area contributed by atoms with Crippen LogP contribution in [0.25, 0.3) is 0 Å². The molecule has 0 unspecified atom stereocenters. The van der Waals surface area contributed by atoms with Crippen LogP contribution >= 0.6 is 0 Å². The summed E-state index contributed by atoms with van der Waals surface area (Å²) in [6.45, 7) is 0. The van der Waals surface area contributed by atoms with E-state index < -0.39 is 29.1 Å². The van der Waals surface area contributed by atoms with E-state index in [2.05, 4.69) is 4.74 Å². The molecule has 0 N–H and O–H groups in total. The number of alkyl halides is 3. The molecular weight excluding hydrogens is 216 g/mol. The number of esters is 1. The number of hydrogen-bond donors (Lipinski definition) is 0. The van der Waals surface area contributed by atoms with E-state index in [9.17, 15) is 22.4 Å². The van der Waals surface area contributed by atoms with E-state index in [4.69, 9.17) is 0 Å². The van der Waals surface area contributed by atoms with E-state index in [1.165, 1.54) is 0 Å². The molecule has 1 aromatic rings. The zero-order valence-corrected chi connectivity index (χ0v) is 7.56. The van der Waals surface area contributed by atoms with Crippen molar-refractivity contribution in [3.8, 4) is 0 Å². The summed E-state index contributed by atoms with van der Waals surface area (Å²) in [6.07, 6.45) is -4.79. The van der Waals surface area contributed by atoms with Gasteiger partial charge in [0, 0.05) is 0 Å². The third-order valence-corrected chi connectivity index (χ3v) is 1.69. The van der Waals surface area contributed by atoms with Crippen LogP contribution in [0.5, 0.6) is 0 Å². The van der Waals surface area contributed by atoms with Crippen molar-refractivity contribution in [1.82, 2.24) is 0 Å². The predicted molar refractivity (Wildman–Crippen MR) is 42.7 cm³/mol. The lowest BCUT2D eigenvalue weighted by Gasteiger charge is -2.10. The molecule has 15 heavy (non-hydrogen) atoms. The fourth-order valence-electron chi connectivity index (χ4n) is 1.04. The molecule has 0 radical (unpaired) electrons. The second-order valence-electron chi connectivity index (χ2n) is 2.68. The third kappa shape index (κ3) is 2.45. The summed E-state index contributed by atoms with van der Waals surface area (Å²) in [5.74, 6) is -2.21. The lowest BCUT2D eigenvalue weighted by molar-refractivity contribution is -0.138. The summed E-state index contributed by atoms with van der Waals surface area (Å²) in [4.78, 5) is 10.9. The molecule has 1 aromatic carbocycles. The van der Waals surface area contributed by atoms with Gasteiger partial charge in [-0.05, 0) is 18.2 Å². The number of ether oxygens (including phenoxy) is 1. The van der Waals surface area contributed by atoms with Crippen LogP contribution in [0.1, 0.15) is 15.9 Å². The molecular formula is C9H6F4O2. The van der Waals surface area contributed by atoms with Crippen molar-refractivity contribution in [3.05, 3.63) is 35.1 Å². The highest BCUT2D eigenvalue weighted by Gasteiger charge is 2.35. The van der Waals surface area contributed by atoms with Crippen LogP contribution in [0.4, 0.5) is 17.6 Å². The molecule has 0 fully saturated rings. The van der Waals surface area contributed by atoms with E-state index >= 15 is 0 Å². The van der Waals surface area contributed by atoms with Crippen LogP contribution in [0.2, 0.25) is 0 Å². The minimum absolute atomic E-state index is 0.256. The van der Waals surface area contributed by atoms with Gasteiger partial charge in [0.2, 0.25) is 0 Å². The number of methoxy groups -OCH3 is 1. The second kappa shape index (κ2) is 3.88. The van der Waals surface area contributed by atoms with Gasteiger partial charge in [0.1, 0.15) is 5.82 Å². The number of benzene rings is 1. The molecule has 0 spiro atoms. The standard InChI is InChI=1S/C9H6F4O2/c1-15-8(14)6-3-2-5(10)4-7(6)9(11,12)13/h2-4H,1H3. The third-order valence-electron chi connectivity index (χ3n) is 1.69. The topological polar surface area (TPSA) is 26.3 Å². The number of hydrogen-bond acceptors (Lipinski definition) is 2. The van der Waals surface area contributed by atoms with Gasteiger partial charge in [-0.3, -0.25) is 0 Å². The van der Waals surface area contributed by atoms with Gasteiger partial charge in [0.25, 0.3) is 0 Å². The first-order valence-corrected chi connectivity index (χ1v) is 3.81. The van der Waals surface area contributed by atoms with Gasteiger partial charge in [-0.1, -0.05) is 0 Å². The Morgan fingerprint density at radius 3 is 2.40 bits per heavy atom. The maximum Gasteiger partial charge on any atom is 0.417 e. The Morgan fingerprint density at radius 1 is 1.33 bits per heavy atom. The van der Waals surface area contributed by atoms with Crippen molar-refractivity contribution in [1.29, 1.82) is 0 Å². The van der Waals surface area contributed by atoms with Gasteiger partial charge in [-0.25, -0.2) is 9.18 Å². The first-order valence-electron chi connectivity index (χ1n) is 3.81. The summed E-state index contributed by atoms with van der Waals surface area (Å²) in [5.41, 5.74) is -2.04. The van der Waals surface area contributed by atoms with Crippen LogP contribution < -0.4 is 0 Å². The maximum absolute atomic E-state index is 12.6. The molecule has 2 nitrogen and oxygen atoms in total. The van der Waals surface area contributed by atoms with Crippen LogP contribution in [-0.2, 0) is 10.9 Å². The molecule has 0 aliphatic rings. The second-order valence-corrected chi connectivity index (χ2v) is 2.68. The Labute approximate surface area is 82.5 Å². The lowest BCUT2D eigenvalue weighted by atomic mass is 10.1. The fraction of sp³-hybridized carbons (Fsp3) is 0.222. The van der Waals surface area contributed by atoms with Gasteiger partial charge in [0.15, 0.2) is 0 Å². The number of carbonyl (C=O) groups is 1. The number of carbonyl (C=O) groups excluding carboxylic acids is 1. The Morgan fingerprint density at radius 2 is 1.93 bits per heavy atom. The highest BCUT2D eigenvalue weighted by Crippen LogP contribution is 2.32. The minimum Gasteiger partial charge on any atom is -0.465 e.